The van der Waals surface area contributed by atoms with Crippen molar-refractivity contribution in [3.63, 3.8) is 0 Å². The number of amides is 2. The highest BCUT2D eigenvalue weighted by atomic mass is 35.5. The summed E-state index contributed by atoms with van der Waals surface area (Å²) in [5.74, 6) is 0.307. The van der Waals surface area contributed by atoms with Crippen LogP contribution < -0.4 is 20.5 Å². The van der Waals surface area contributed by atoms with E-state index in [1.165, 1.54) is 24.4 Å². The molecule has 10 heteroatoms. The molecule has 35 heavy (non-hydrogen) atoms. The minimum absolute atomic E-state index is 0.0566. The molecule has 0 atom stereocenters. The van der Waals surface area contributed by atoms with E-state index in [-0.39, 0.29) is 34.3 Å². The average molecular weight is 498 g/mol. The molecule has 4 rings (SSSR count). The van der Waals surface area contributed by atoms with Crippen LogP contribution in [0.5, 0.6) is 17.4 Å². The van der Waals surface area contributed by atoms with E-state index >= 15 is 0 Å². The predicted octanol–water partition coefficient (Wildman–Crippen LogP) is 3.93. The van der Waals surface area contributed by atoms with Crippen molar-refractivity contribution in [1.82, 2.24) is 15.2 Å². The Kier molecular flexibility index (Phi) is 7.87. The SMILES string of the molecule is CN/C=C\C(N)=NC(=O)c1cc(Oc2ncc(C(=O)N3CCC3)cc2Cl)cc(OC2CCCC2)c1. The Hall–Kier alpha value is -3.59. The zero-order valence-corrected chi connectivity index (χ0v) is 20.3. The summed E-state index contributed by atoms with van der Waals surface area (Å²) in [5, 5.41) is 2.98. The van der Waals surface area contributed by atoms with Crippen LogP contribution in [0, 0.1) is 0 Å². The number of nitrogens with two attached hydrogens (primary N) is 1. The van der Waals surface area contributed by atoms with Gasteiger partial charge in [-0.3, -0.25) is 9.59 Å². The van der Waals surface area contributed by atoms with Crippen molar-refractivity contribution in [3.05, 3.63) is 58.9 Å². The summed E-state index contributed by atoms with van der Waals surface area (Å²) in [6.07, 6.45) is 9.68. The number of halogens is 1. The van der Waals surface area contributed by atoms with E-state index in [1.54, 1.807) is 30.3 Å². The van der Waals surface area contributed by atoms with E-state index in [4.69, 9.17) is 26.8 Å². The first-order chi connectivity index (χ1) is 16.9. The second kappa shape index (κ2) is 11.2. The third-order valence-electron chi connectivity index (χ3n) is 5.80. The first kappa shape index (κ1) is 24.5. The molecule has 1 aromatic carbocycles. The maximum absolute atomic E-state index is 12.8. The number of aliphatic imine (C=N–C) groups is 1. The number of amidine groups is 1. The number of aromatic nitrogens is 1. The van der Waals surface area contributed by atoms with Gasteiger partial charge in [-0.25, -0.2) is 4.98 Å². The maximum Gasteiger partial charge on any atom is 0.279 e. The van der Waals surface area contributed by atoms with Crippen molar-refractivity contribution in [2.24, 2.45) is 10.7 Å². The van der Waals surface area contributed by atoms with E-state index < -0.39 is 5.91 Å². The summed E-state index contributed by atoms with van der Waals surface area (Å²) in [7, 11) is 1.71. The zero-order valence-electron chi connectivity index (χ0n) is 19.5. The van der Waals surface area contributed by atoms with E-state index in [9.17, 15) is 9.59 Å². The summed E-state index contributed by atoms with van der Waals surface area (Å²) in [6.45, 7) is 1.47. The number of nitrogens with zero attached hydrogens (tertiary/aromatic N) is 3. The third-order valence-corrected chi connectivity index (χ3v) is 6.07. The van der Waals surface area contributed by atoms with Gasteiger partial charge in [0.2, 0.25) is 5.88 Å². The highest BCUT2D eigenvalue weighted by Crippen LogP contribution is 2.33. The minimum atomic E-state index is -0.542. The number of pyridine rings is 1. The molecule has 1 saturated heterocycles. The Morgan fingerprint density at radius 3 is 2.54 bits per heavy atom. The van der Waals surface area contributed by atoms with Gasteiger partial charge in [-0.1, -0.05) is 11.6 Å². The van der Waals surface area contributed by atoms with Crippen molar-refractivity contribution >= 4 is 29.3 Å². The predicted molar refractivity (Wildman–Crippen MR) is 133 cm³/mol. The molecule has 2 aromatic rings. The van der Waals surface area contributed by atoms with Crippen molar-refractivity contribution in [3.8, 4) is 17.4 Å². The molecule has 2 fully saturated rings. The molecule has 2 heterocycles. The summed E-state index contributed by atoms with van der Waals surface area (Å²) in [5.41, 5.74) is 6.45. The Balaban J connectivity index is 1.59. The number of benzene rings is 1. The number of ether oxygens (including phenoxy) is 2. The first-order valence-corrected chi connectivity index (χ1v) is 12.0. The molecule has 2 aliphatic rings. The Labute approximate surface area is 209 Å². The molecule has 1 aromatic heterocycles. The second-order valence-electron chi connectivity index (χ2n) is 8.44. The summed E-state index contributed by atoms with van der Waals surface area (Å²) in [6, 6.07) is 6.37. The van der Waals surface area contributed by atoms with Crippen molar-refractivity contribution in [2.45, 2.75) is 38.2 Å². The second-order valence-corrected chi connectivity index (χ2v) is 8.85. The number of hydrogen-bond acceptors (Lipinski definition) is 6. The molecule has 0 radical (unpaired) electrons. The molecule has 1 aliphatic heterocycles. The van der Waals surface area contributed by atoms with Gasteiger partial charge in [0.25, 0.3) is 11.8 Å². The molecule has 2 amide bonds. The lowest BCUT2D eigenvalue weighted by molar-refractivity contribution is 0.0651. The van der Waals surface area contributed by atoms with Gasteiger partial charge in [-0.15, -0.1) is 0 Å². The Bertz CT molecular complexity index is 1160. The first-order valence-electron chi connectivity index (χ1n) is 11.6. The van der Waals surface area contributed by atoms with Gasteiger partial charge in [-0.2, -0.15) is 4.99 Å². The van der Waals surface area contributed by atoms with E-state index in [0.29, 0.717) is 17.1 Å². The minimum Gasteiger partial charge on any atom is -0.490 e. The standard InChI is InChI=1S/C25H28ClN5O4/c1-28-8-7-22(27)30-23(32)16-11-19(34-18-5-2-3-6-18)14-20(12-16)35-24-21(26)13-17(15-29-24)25(33)31-9-4-10-31/h7-8,11-15,18,28H,2-6,9-10H2,1H3,(H2,27,30,32)/b8-7-. The topological polar surface area (TPSA) is 119 Å². The van der Waals surface area contributed by atoms with Crippen molar-refractivity contribution in [1.29, 1.82) is 0 Å². The smallest absolute Gasteiger partial charge is 0.279 e. The van der Waals surface area contributed by atoms with Crippen molar-refractivity contribution in [2.75, 3.05) is 20.1 Å². The fourth-order valence-electron chi connectivity index (χ4n) is 3.84. The molecule has 0 bridgehead atoms. The van der Waals surface area contributed by atoms with Gasteiger partial charge < -0.3 is 25.4 Å². The number of rotatable bonds is 8. The van der Waals surface area contributed by atoms with Crippen LogP contribution in [-0.4, -0.2) is 53.8 Å². The summed E-state index contributed by atoms with van der Waals surface area (Å²) < 4.78 is 12.0. The monoisotopic (exact) mass is 497 g/mol. The largest absolute Gasteiger partial charge is 0.490 e. The van der Waals surface area contributed by atoms with Gasteiger partial charge in [0.05, 0.1) is 11.7 Å². The third kappa shape index (κ3) is 6.30. The highest BCUT2D eigenvalue weighted by molar-refractivity contribution is 6.32. The Morgan fingerprint density at radius 1 is 1.14 bits per heavy atom. The summed E-state index contributed by atoms with van der Waals surface area (Å²) in [4.78, 5) is 35.1. The van der Waals surface area contributed by atoms with Crippen LogP contribution in [0.1, 0.15) is 52.8 Å². The molecule has 3 N–H and O–H groups in total. The number of carbonyl (C=O) groups is 2. The van der Waals surface area contributed by atoms with Gasteiger partial charge in [0.15, 0.2) is 0 Å². The maximum atomic E-state index is 12.8. The molecule has 1 saturated carbocycles. The van der Waals surface area contributed by atoms with Crippen LogP contribution in [0.3, 0.4) is 0 Å². The normalized spacial score (nSPS) is 16.3. The highest BCUT2D eigenvalue weighted by Gasteiger charge is 2.23. The van der Waals surface area contributed by atoms with E-state index in [2.05, 4.69) is 15.3 Å². The lowest BCUT2D eigenvalue weighted by atomic mass is 10.1. The van der Waals surface area contributed by atoms with Crippen LogP contribution >= 0.6 is 11.6 Å². The van der Waals surface area contributed by atoms with Crippen LogP contribution in [0.2, 0.25) is 5.02 Å². The average Bonchev–Trinajstić information content (AvgIpc) is 3.30. The van der Waals surface area contributed by atoms with Crippen LogP contribution in [0.15, 0.2) is 47.7 Å². The number of likely N-dealkylation sites (tertiary alicyclic amines) is 1. The molecule has 184 valence electrons. The number of hydrogen-bond donors (Lipinski definition) is 2. The number of nitrogens with one attached hydrogen (secondary N) is 1. The quantitative estimate of drug-likeness (QED) is 0.419. The van der Waals surface area contributed by atoms with Gasteiger partial charge in [-0.05, 0) is 62.6 Å². The lowest BCUT2D eigenvalue weighted by Gasteiger charge is -2.30. The molecular formula is C25H28ClN5O4. The number of carbonyl (C=O) groups excluding carboxylic acids is 2. The van der Waals surface area contributed by atoms with E-state index in [1.807, 2.05) is 0 Å². The van der Waals surface area contributed by atoms with Gasteiger partial charge >= 0.3 is 0 Å². The lowest BCUT2D eigenvalue weighted by Crippen LogP contribution is -2.42. The Morgan fingerprint density at radius 2 is 1.89 bits per heavy atom. The molecule has 0 unspecified atom stereocenters. The fourth-order valence-corrected chi connectivity index (χ4v) is 4.04. The van der Waals surface area contributed by atoms with Gasteiger partial charge in [0, 0.05) is 38.0 Å². The molecule has 0 spiro atoms. The van der Waals surface area contributed by atoms with E-state index in [0.717, 1.165) is 45.2 Å². The molecule has 1 aliphatic carbocycles. The van der Waals surface area contributed by atoms with Crippen LogP contribution in [0.25, 0.3) is 0 Å². The van der Waals surface area contributed by atoms with Gasteiger partial charge in [0.1, 0.15) is 22.4 Å². The summed E-state index contributed by atoms with van der Waals surface area (Å²) >= 11 is 6.38. The van der Waals surface area contributed by atoms with Crippen molar-refractivity contribution < 1.29 is 19.1 Å². The van der Waals surface area contributed by atoms with Crippen LogP contribution in [-0.2, 0) is 0 Å². The fraction of sp³-hybridized carbons (Fsp3) is 0.360. The molecule has 9 nitrogen and oxygen atoms in total. The zero-order chi connectivity index (χ0) is 24.8. The van der Waals surface area contributed by atoms with Crippen LogP contribution in [0.4, 0.5) is 0 Å². The molecular weight excluding hydrogens is 470 g/mol.